The standard InChI is InChI=1S/C14H16ClF3N2O3S/c15-11-5-4-10(14(16,17)18)9-12(11)24(22,23)19-6-2-8-20-7-1-3-13(20)21/h4-5,9,19H,1-3,6-8H2. The number of halogens is 4. The summed E-state index contributed by atoms with van der Waals surface area (Å²) in [6.07, 6.45) is -3.03. The minimum Gasteiger partial charge on any atom is -0.343 e. The Balaban J connectivity index is 2.01. The molecule has 134 valence electrons. The molecule has 10 heteroatoms. The van der Waals surface area contributed by atoms with Gasteiger partial charge in [0.2, 0.25) is 15.9 Å². The summed E-state index contributed by atoms with van der Waals surface area (Å²) in [4.78, 5) is 12.4. The SMILES string of the molecule is O=C1CCCN1CCCNS(=O)(=O)c1cc(C(F)(F)F)ccc1Cl. The Bertz CT molecular complexity index is 722. The molecule has 1 aliphatic heterocycles. The van der Waals surface area contributed by atoms with Gasteiger partial charge in [0.05, 0.1) is 10.6 Å². The molecule has 1 saturated heterocycles. The molecule has 1 fully saturated rings. The van der Waals surface area contributed by atoms with Crippen molar-refractivity contribution in [1.29, 1.82) is 0 Å². The Labute approximate surface area is 142 Å². The summed E-state index contributed by atoms with van der Waals surface area (Å²) in [5, 5.41) is -0.287. The summed E-state index contributed by atoms with van der Waals surface area (Å²) in [7, 11) is -4.17. The number of hydrogen-bond acceptors (Lipinski definition) is 3. The van der Waals surface area contributed by atoms with Crippen LogP contribution in [0.4, 0.5) is 13.2 Å². The predicted molar refractivity (Wildman–Crippen MR) is 82.1 cm³/mol. The maximum Gasteiger partial charge on any atom is 0.416 e. The normalized spacial score (nSPS) is 16.0. The van der Waals surface area contributed by atoms with E-state index in [0.29, 0.717) is 32.0 Å². The number of sulfonamides is 1. The third-order valence-corrected chi connectivity index (χ3v) is 5.56. The van der Waals surface area contributed by atoms with Crippen molar-refractivity contribution in [2.24, 2.45) is 0 Å². The minimum absolute atomic E-state index is 0.00130. The number of carbonyl (C=O) groups is 1. The van der Waals surface area contributed by atoms with Gasteiger partial charge in [0.15, 0.2) is 0 Å². The number of amides is 1. The second kappa shape index (κ2) is 7.28. The Morgan fingerprint density at radius 1 is 1.29 bits per heavy atom. The van der Waals surface area contributed by atoms with Crippen LogP contribution in [0.25, 0.3) is 0 Å². The van der Waals surface area contributed by atoms with Crippen LogP contribution >= 0.6 is 11.6 Å². The first-order valence-corrected chi connectivity index (χ1v) is 9.11. The summed E-state index contributed by atoms with van der Waals surface area (Å²) < 4.78 is 64.6. The molecule has 24 heavy (non-hydrogen) atoms. The summed E-state index contributed by atoms with van der Waals surface area (Å²) >= 11 is 5.73. The molecule has 1 heterocycles. The zero-order valence-corrected chi connectivity index (χ0v) is 14.1. The van der Waals surface area contributed by atoms with Crippen LogP contribution in [-0.4, -0.2) is 38.9 Å². The van der Waals surface area contributed by atoms with Crippen LogP contribution in [0.2, 0.25) is 5.02 Å². The van der Waals surface area contributed by atoms with Crippen LogP contribution in [0.1, 0.15) is 24.8 Å². The van der Waals surface area contributed by atoms with Gasteiger partial charge in [0, 0.05) is 26.1 Å². The molecule has 5 nitrogen and oxygen atoms in total. The lowest BCUT2D eigenvalue weighted by Gasteiger charge is -2.16. The van der Waals surface area contributed by atoms with Crippen molar-refractivity contribution in [3.8, 4) is 0 Å². The van der Waals surface area contributed by atoms with Gasteiger partial charge in [-0.2, -0.15) is 13.2 Å². The van der Waals surface area contributed by atoms with Gasteiger partial charge in [-0.15, -0.1) is 0 Å². The largest absolute Gasteiger partial charge is 0.416 e. The number of nitrogens with one attached hydrogen (secondary N) is 1. The number of alkyl halides is 3. The summed E-state index contributed by atoms with van der Waals surface area (Å²) in [6, 6.07) is 2.14. The van der Waals surface area contributed by atoms with Crippen molar-refractivity contribution in [2.75, 3.05) is 19.6 Å². The second-order valence-corrected chi connectivity index (χ2v) is 7.52. The fourth-order valence-electron chi connectivity index (χ4n) is 2.38. The van der Waals surface area contributed by atoms with Crippen molar-refractivity contribution in [2.45, 2.75) is 30.3 Å². The van der Waals surface area contributed by atoms with E-state index in [-0.39, 0.29) is 17.5 Å². The highest BCUT2D eigenvalue weighted by Crippen LogP contribution is 2.33. The quantitative estimate of drug-likeness (QED) is 0.767. The van der Waals surface area contributed by atoms with Crippen LogP contribution in [0.15, 0.2) is 23.1 Å². The molecule has 0 unspecified atom stereocenters. The number of likely N-dealkylation sites (tertiary alicyclic amines) is 1. The van der Waals surface area contributed by atoms with Gasteiger partial charge in [-0.05, 0) is 31.0 Å². The summed E-state index contributed by atoms with van der Waals surface area (Å²) in [5.41, 5.74) is -1.09. The molecule has 0 saturated carbocycles. The molecule has 2 rings (SSSR count). The molecule has 0 spiro atoms. The fraction of sp³-hybridized carbons (Fsp3) is 0.500. The van der Waals surface area contributed by atoms with E-state index in [9.17, 15) is 26.4 Å². The topological polar surface area (TPSA) is 66.5 Å². The Kier molecular flexibility index (Phi) is 5.77. The van der Waals surface area contributed by atoms with Crippen LogP contribution in [0.5, 0.6) is 0 Å². The molecule has 1 aromatic rings. The first-order valence-electron chi connectivity index (χ1n) is 7.25. The van der Waals surface area contributed by atoms with Gasteiger partial charge in [-0.1, -0.05) is 11.6 Å². The molecule has 0 aromatic heterocycles. The molecule has 1 aliphatic rings. The highest BCUT2D eigenvalue weighted by Gasteiger charge is 2.32. The van der Waals surface area contributed by atoms with Crippen LogP contribution in [0, 0.1) is 0 Å². The lowest BCUT2D eigenvalue weighted by molar-refractivity contribution is -0.137. The Morgan fingerprint density at radius 2 is 2.00 bits per heavy atom. The van der Waals surface area contributed by atoms with E-state index >= 15 is 0 Å². The number of benzene rings is 1. The smallest absolute Gasteiger partial charge is 0.343 e. The molecule has 0 atom stereocenters. The highest BCUT2D eigenvalue weighted by atomic mass is 35.5. The third kappa shape index (κ3) is 4.61. The van der Waals surface area contributed by atoms with E-state index in [1.807, 2.05) is 0 Å². The van der Waals surface area contributed by atoms with Gasteiger partial charge in [0.25, 0.3) is 0 Å². The van der Waals surface area contributed by atoms with E-state index in [1.54, 1.807) is 4.90 Å². The maximum absolute atomic E-state index is 12.7. The van der Waals surface area contributed by atoms with E-state index in [0.717, 1.165) is 18.6 Å². The van der Waals surface area contributed by atoms with Crippen molar-refractivity contribution < 1.29 is 26.4 Å². The fourth-order valence-corrected chi connectivity index (χ4v) is 3.98. The highest BCUT2D eigenvalue weighted by molar-refractivity contribution is 7.89. The third-order valence-electron chi connectivity index (χ3n) is 3.62. The van der Waals surface area contributed by atoms with E-state index in [4.69, 9.17) is 11.6 Å². The Morgan fingerprint density at radius 3 is 2.58 bits per heavy atom. The second-order valence-electron chi connectivity index (χ2n) is 5.38. The maximum atomic E-state index is 12.7. The molecular formula is C14H16ClF3N2O3S. The van der Waals surface area contributed by atoms with Gasteiger partial charge in [-0.25, -0.2) is 13.1 Å². The lowest BCUT2D eigenvalue weighted by atomic mass is 10.2. The first-order chi connectivity index (χ1) is 11.1. The van der Waals surface area contributed by atoms with Crippen molar-refractivity contribution >= 4 is 27.5 Å². The van der Waals surface area contributed by atoms with E-state index < -0.39 is 26.7 Å². The molecule has 0 bridgehead atoms. The van der Waals surface area contributed by atoms with Crippen LogP contribution < -0.4 is 4.72 Å². The van der Waals surface area contributed by atoms with E-state index in [2.05, 4.69) is 4.72 Å². The van der Waals surface area contributed by atoms with Crippen molar-refractivity contribution in [1.82, 2.24) is 9.62 Å². The number of rotatable bonds is 6. The van der Waals surface area contributed by atoms with Crippen LogP contribution in [0.3, 0.4) is 0 Å². The number of hydrogen-bond donors (Lipinski definition) is 1. The van der Waals surface area contributed by atoms with Gasteiger partial charge < -0.3 is 4.90 Å². The molecule has 0 aliphatic carbocycles. The summed E-state index contributed by atoms with van der Waals surface area (Å²) in [6.45, 7) is 1.04. The molecule has 1 aromatic carbocycles. The Hall–Kier alpha value is -1.32. The number of carbonyl (C=O) groups excluding carboxylic acids is 1. The average Bonchev–Trinajstić information content (AvgIpc) is 2.88. The van der Waals surface area contributed by atoms with Gasteiger partial charge >= 0.3 is 6.18 Å². The molecule has 1 amide bonds. The zero-order chi connectivity index (χ0) is 18.0. The lowest BCUT2D eigenvalue weighted by Crippen LogP contribution is -2.31. The van der Waals surface area contributed by atoms with Crippen molar-refractivity contribution in [3.05, 3.63) is 28.8 Å². The zero-order valence-electron chi connectivity index (χ0n) is 12.6. The molecule has 1 N–H and O–H groups in total. The molecule has 0 radical (unpaired) electrons. The average molecular weight is 385 g/mol. The van der Waals surface area contributed by atoms with Crippen LogP contribution in [-0.2, 0) is 21.0 Å². The minimum atomic E-state index is -4.66. The molecular weight excluding hydrogens is 369 g/mol. The summed E-state index contributed by atoms with van der Waals surface area (Å²) in [5.74, 6) is 0.0266. The predicted octanol–water partition coefficient (Wildman–Crippen LogP) is 2.65. The van der Waals surface area contributed by atoms with E-state index in [1.165, 1.54) is 0 Å². The monoisotopic (exact) mass is 384 g/mol. The van der Waals surface area contributed by atoms with Crippen molar-refractivity contribution in [3.63, 3.8) is 0 Å². The van der Waals surface area contributed by atoms with Gasteiger partial charge in [0.1, 0.15) is 4.90 Å². The van der Waals surface area contributed by atoms with Gasteiger partial charge in [-0.3, -0.25) is 4.79 Å². The number of nitrogens with zero attached hydrogens (tertiary/aromatic N) is 1. The first kappa shape index (κ1) is 19.0.